The lowest BCUT2D eigenvalue weighted by Gasteiger charge is -2.20. The third-order valence-corrected chi connectivity index (χ3v) is 7.45. The summed E-state index contributed by atoms with van der Waals surface area (Å²) in [4.78, 5) is 78.6. The van der Waals surface area contributed by atoms with E-state index in [1.807, 2.05) is 48.5 Å². The molecule has 256 valence electrons. The number of aromatic amines is 1. The number of amides is 5. The molecule has 5 amide bonds. The number of hydrogen-bond donors (Lipinski definition) is 7. The van der Waals surface area contributed by atoms with Crippen LogP contribution < -0.4 is 26.6 Å². The van der Waals surface area contributed by atoms with Gasteiger partial charge in [-0.15, -0.1) is 0 Å². The molecule has 0 spiro atoms. The monoisotopic (exact) mass is 670 g/mol. The number of nitrogens with one attached hydrogen (secondary N) is 6. The van der Waals surface area contributed by atoms with Crippen molar-refractivity contribution in [2.45, 2.75) is 44.5 Å². The van der Waals surface area contributed by atoms with Crippen molar-refractivity contribution in [1.29, 1.82) is 0 Å². The highest BCUT2D eigenvalue weighted by Crippen LogP contribution is 2.19. The Hall–Kier alpha value is -6.18. The number of aromatic nitrogens is 1. The summed E-state index contributed by atoms with van der Waals surface area (Å²) in [5, 5.41) is 22.2. The minimum absolute atomic E-state index is 0.00508. The number of rotatable bonds is 16. The number of para-hydroxylation sites is 1. The van der Waals surface area contributed by atoms with Crippen LogP contribution in [-0.4, -0.2) is 77.0 Å². The van der Waals surface area contributed by atoms with Gasteiger partial charge in [-0.2, -0.15) is 0 Å². The number of fused-ring (bicyclic) bond motifs is 1. The fourth-order valence-electron chi connectivity index (χ4n) is 4.88. The van der Waals surface area contributed by atoms with Crippen molar-refractivity contribution in [2.75, 3.05) is 13.1 Å². The molecule has 4 aromatic rings. The Kier molecular flexibility index (Phi) is 12.9. The Morgan fingerprint density at radius 1 is 0.694 bits per heavy atom. The lowest BCUT2D eigenvalue weighted by molar-refractivity contribution is -0.141. The average molecular weight is 671 g/mol. The molecule has 0 fully saturated rings. The van der Waals surface area contributed by atoms with Gasteiger partial charge in [-0.3, -0.25) is 24.0 Å². The molecular formula is C35H38N6O8. The number of carboxylic acids is 1. The van der Waals surface area contributed by atoms with Crippen molar-refractivity contribution < 1.29 is 38.6 Å². The van der Waals surface area contributed by atoms with Crippen LogP contribution >= 0.6 is 0 Å². The highest BCUT2D eigenvalue weighted by molar-refractivity contribution is 5.94. The molecule has 0 aliphatic rings. The molecule has 0 unspecified atom stereocenters. The first-order valence-corrected chi connectivity index (χ1v) is 15.5. The first kappa shape index (κ1) is 35.7. The number of carbonyl (C=O) groups excluding carboxylic acids is 5. The molecule has 14 nitrogen and oxygen atoms in total. The number of carboxylic acid groups (broad SMARTS) is 1. The molecule has 0 aliphatic heterocycles. The van der Waals surface area contributed by atoms with Crippen LogP contribution in [0.25, 0.3) is 10.9 Å². The highest BCUT2D eigenvalue weighted by atomic mass is 16.5. The van der Waals surface area contributed by atoms with Gasteiger partial charge < -0.3 is 41.4 Å². The predicted molar refractivity (Wildman–Crippen MR) is 179 cm³/mol. The van der Waals surface area contributed by atoms with Crippen LogP contribution in [0.1, 0.15) is 23.6 Å². The molecule has 0 saturated carbocycles. The molecule has 0 bridgehead atoms. The Labute approximate surface area is 282 Å². The first-order valence-electron chi connectivity index (χ1n) is 15.5. The molecule has 4 rings (SSSR count). The predicted octanol–water partition coefficient (Wildman–Crippen LogP) is 1.55. The molecule has 0 saturated heterocycles. The summed E-state index contributed by atoms with van der Waals surface area (Å²) in [7, 11) is 0. The fraction of sp³-hybridized carbons (Fsp3) is 0.257. The van der Waals surface area contributed by atoms with Gasteiger partial charge in [0.15, 0.2) is 0 Å². The summed E-state index contributed by atoms with van der Waals surface area (Å²) in [6.45, 7) is 0.221. The van der Waals surface area contributed by atoms with Gasteiger partial charge in [0.25, 0.3) is 0 Å². The number of hydrogen-bond acceptors (Lipinski definition) is 7. The second-order valence-corrected chi connectivity index (χ2v) is 11.2. The van der Waals surface area contributed by atoms with E-state index in [1.165, 1.54) is 6.92 Å². The number of aliphatic carboxylic acids is 1. The summed E-state index contributed by atoms with van der Waals surface area (Å²) in [5.41, 5.74) is 3.05. The van der Waals surface area contributed by atoms with Gasteiger partial charge in [0.05, 0.1) is 13.1 Å². The molecule has 0 aliphatic carbocycles. The number of alkyl carbamates (subject to hydrolysis) is 1. The molecule has 3 aromatic carbocycles. The highest BCUT2D eigenvalue weighted by Gasteiger charge is 2.26. The summed E-state index contributed by atoms with van der Waals surface area (Å²) < 4.78 is 5.29. The lowest BCUT2D eigenvalue weighted by Crippen LogP contribution is -2.54. The maximum Gasteiger partial charge on any atom is 0.408 e. The quantitative estimate of drug-likeness (QED) is 0.0929. The smallest absolute Gasteiger partial charge is 0.408 e. The van der Waals surface area contributed by atoms with Gasteiger partial charge in [0, 0.05) is 29.9 Å². The van der Waals surface area contributed by atoms with Crippen molar-refractivity contribution in [3.63, 3.8) is 0 Å². The normalized spacial score (nSPS) is 12.5. The summed E-state index contributed by atoms with van der Waals surface area (Å²) in [6.07, 6.45) is 1.04. The topological polar surface area (TPSA) is 208 Å². The molecule has 49 heavy (non-hydrogen) atoms. The zero-order chi connectivity index (χ0) is 35.2. The van der Waals surface area contributed by atoms with Crippen molar-refractivity contribution >= 4 is 46.6 Å². The molecule has 3 atom stereocenters. The maximum atomic E-state index is 13.3. The zero-order valence-corrected chi connectivity index (χ0v) is 26.7. The third kappa shape index (κ3) is 11.2. The van der Waals surface area contributed by atoms with Gasteiger partial charge in [0.2, 0.25) is 23.6 Å². The molecule has 1 heterocycles. The minimum atomic E-state index is -1.24. The molecule has 7 N–H and O–H groups in total. The number of H-pyrrole nitrogens is 1. The second-order valence-electron chi connectivity index (χ2n) is 11.2. The third-order valence-electron chi connectivity index (χ3n) is 7.45. The van der Waals surface area contributed by atoms with Crippen LogP contribution in [0.15, 0.2) is 91.1 Å². The Morgan fingerprint density at radius 2 is 1.24 bits per heavy atom. The van der Waals surface area contributed by atoms with Gasteiger partial charge in [-0.05, 0) is 29.7 Å². The minimum Gasteiger partial charge on any atom is -0.480 e. The molecule has 0 radical (unpaired) electrons. The zero-order valence-electron chi connectivity index (χ0n) is 26.7. The van der Waals surface area contributed by atoms with Crippen molar-refractivity contribution in [1.82, 2.24) is 31.6 Å². The van der Waals surface area contributed by atoms with E-state index in [0.29, 0.717) is 5.56 Å². The standard InChI is InChI=1S/C35H38N6O8/c1-22(34(46)47)39-30(42)19-37-33(45)29(17-25-18-36-27-15-9-8-14-26(25)27)40-31(43)20-38-32(44)28(16-23-10-4-2-5-11-23)41-35(48)49-21-24-12-6-3-7-13-24/h2-15,18,22,28-29,36H,16-17,19-21H2,1H3,(H,37,45)(H,38,44)(H,39,42)(H,40,43)(H,41,48)(H,46,47)/t22-,28+,29-/m0/s1. The van der Waals surface area contributed by atoms with E-state index in [9.17, 15) is 28.8 Å². The number of carbonyl (C=O) groups is 6. The largest absolute Gasteiger partial charge is 0.480 e. The molecular weight excluding hydrogens is 632 g/mol. The maximum absolute atomic E-state index is 13.3. The van der Waals surface area contributed by atoms with E-state index >= 15 is 0 Å². The van der Waals surface area contributed by atoms with Gasteiger partial charge in [0.1, 0.15) is 24.7 Å². The van der Waals surface area contributed by atoms with E-state index < -0.39 is 66.9 Å². The van der Waals surface area contributed by atoms with Gasteiger partial charge >= 0.3 is 12.1 Å². The summed E-state index contributed by atoms with van der Waals surface area (Å²) >= 11 is 0. The fourth-order valence-corrected chi connectivity index (χ4v) is 4.88. The lowest BCUT2D eigenvalue weighted by atomic mass is 10.0. The van der Waals surface area contributed by atoms with Crippen LogP contribution in [0, 0.1) is 0 Å². The van der Waals surface area contributed by atoms with Crippen molar-refractivity contribution in [2.24, 2.45) is 0 Å². The van der Waals surface area contributed by atoms with E-state index in [0.717, 1.165) is 22.0 Å². The molecule has 14 heteroatoms. The van der Waals surface area contributed by atoms with Crippen molar-refractivity contribution in [3.8, 4) is 0 Å². The van der Waals surface area contributed by atoms with Gasteiger partial charge in [-0.25, -0.2) is 4.79 Å². The van der Waals surface area contributed by atoms with E-state index in [-0.39, 0.29) is 19.4 Å². The Morgan fingerprint density at radius 3 is 1.88 bits per heavy atom. The number of benzene rings is 3. The summed E-state index contributed by atoms with van der Waals surface area (Å²) in [6, 6.07) is 22.0. The van der Waals surface area contributed by atoms with Gasteiger partial charge in [-0.1, -0.05) is 78.9 Å². The molecule has 1 aromatic heterocycles. The van der Waals surface area contributed by atoms with E-state index in [4.69, 9.17) is 9.84 Å². The van der Waals surface area contributed by atoms with Crippen LogP contribution in [0.2, 0.25) is 0 Å². The van der Waals surface area contributed by atoms with Crippen LogP contribution in [0.3, 0.4) is 0 Å². The Bertz CT molecular complexity index is 1760. The Balaban J connectivity index is 1.40. The SMILES string of the molecule is C[C@H](NC(=O)CNC(=O)[C@H](Cc1c[nH]c2ccccc12)NC(=O)CNC(=O)[C@@H](Cc1ccccc1)NC(=O)OCc1ccccc1)C(=O)O. The number of ether oxygens (including phenoxy) is 1. The second kappa shape index (κ2) is 17.7. The van der Waals surface area contributed by atoms with Crippen LogP contribution in [0.4, 0.5) is 4.79 Å². The van der Waals surface area contributed by atoms with Crippen LogP contribution in [0.5, 0.6) is 0 Å². The summed E-state index contributed by atoms with van der Waals surface area (Å²) in [5.74, 6) is -4.03. The van der Waals surface area contributed by atoms with Crippen molar-refractivity contribution in [3.05, 3.63) is 108 Å². The average Bonchev–Trinajstić information content (AvgIpc) is 3.51. The van der Waals surface area contributed by atoms with E-state index in [1.54, 1.807) is 42.6 Å². The first-order chi connectivity index (χ1) is 23.6. The van der Waals surface area contributed by atoms with E-state index in [2.05, 4.69) is 31.6 Å². The van der Waals surface area contributed by atoms with Crippen LogP contribution in [-0.2, 0) is 48.2 Å².